The van der Waals surface area contributed by atoms with Crippen LogP contribution in [-0.2, 0) is 4.79 Å². The minimum atomic E-state index is -0.0198. The molecule has 0 aromatic heterocycles. The minimum absolute atomic E-state index is 0.0134. The number of hydrogen-bond donors (Lipinski definition) is 1. The number of nitrogens with zero attached hydrogens (tertiary/aromatic N) is 2. The fourth-order valence-electron chi connectivity index (χ4n) is 2.19. The summed E-state index contributed by atoms with van der Waals surface area (Å²) in [7, 11) is 5.48. The van der Waals surface area contributed by atoms with Crippen LogP contribution in [-0.4, -0.2) is 49.4 Å². The van der Waals surface area contributed by atoms with Gasteiger partial charge in [0, 0.05) is 24.6 Å². The van der Waals surface area contributed by atoms with Gasteiger partial charge in [0.25, 0.3) is 0 Å². The third kappa shape index (κ3) is 4.30. The molecule has 0 aliphatic rings. The molecule has 0 aliphatic carbocycles. The number of amides is 1. The second kappa shape index (κ2) is 7.76. The lowest BCUT2D eigenvalue weighted by molar-refractivity contribution is -0.130. The van der Waals surface area contributed by atoms with E-state index < -0.39 is 0 Å². The molecule has 0 spiro atoms. The minimum Gasteiger partial charge on any atom is -0.348 e. The van der Waals surface area contributed by atoms with Crippen LogP contribution in [0.15, 0.2) is 28.7 Å². The molecule has 0 fully saturated rings. The lowest BCUT2D eigenvalue weighted by atomic mass is 9.96. The predicted octanol–water partition coefficient (Wildman–Crippen LogP) is 2.25. The number of likely N-dealkylation sites (N-methyl/N-ethyl adjacent to an activating group) is 2. The number of benzene rings is 1. The second-order valence-corrected chi connectivity index (χ2v) is 6.10. The van der Waals surface area contributed by atoms with E-state index >= 15 is 0 Å². The SMILES string of the molecule is CCC(N)C(c1ccccc1Br)N(C)CC(=O)N(C)C. The second-order valence-electron chi connectivity index (χ2n) is 5.24. The van der Waals surface area contributed by atoms with E-state index in [0.717, 1.165) is 16.5 Å². The van der Waals surface area contributed by atoms with Crippen molar-refractivity contribution < 1.29 is 4.79 Å². The summed E-state index contributed by atoms with van der Waals surface area (Å²) >= 11 is 3.58. The molecular weight excluding hydrogens is 318 g/mol. The van der Waals surface area contributed by atoms with Gasteiger partial charge >= 0.3 is 0 Å². The van der Waals surface area contributed by atoms with Crippen molar-refractivity contribution in [2.45, 2.75) is 25.4 Å². The van der Waals surface area contributed by atoms with Gasteiger partial charge in [0.1, 0.15) is 0 Å². The largest absolute Gasteiger partial charge is 0.348 e. The van der Waals surface area contributed by atoms with Crippen LogP contribution in [0.1, 0.15) is 24.9 Å². The van der Waals surface area contributed by atoms with E-state index in [-0.39, 0.29) is 18.0 Å². The first-order valence-corrected chi connectivity index (χ1v) is 7.58. The first-order chi connectivity index (χ1) is 9.38. The summed E-state index contributed by atoms with van der Waals surface area (Å²) in [6.07, 6.45) is 0.854. The Hall–Kier alpha value is -0.910. The van der Waals surface area contributed by atoms with Crippen molar-refractivity contribution in [2.24, 2.45) is 5.73 Å². The van der Waals surface area contributed by atoms with E-state index in [4.69, 9.17) is 5.73 Å². The molecule has 5 heteroatoms. The summed E-state index contributed by atoms with van der Waals surface area (Å²) in [4.78, 5) is 15.5. The molecule has 2 N–H and O–H groups in total. The van der Waals surface area contributed by atoms with Crippen molar-refractivity contribution in [1.29, 1.82) is 0 Å². The molecule has 20 heavy (non-hydrogen) atoms. The molecule has 0 saturated carbocycles. The highest BCUT2D eigenvalue weighted by Crippen LogP contribution is 2.30. The van der Waals surface area contributed by atoms with Crippen molar-refractivity contribution in [3.05, 3.63) is 34.3 Å². The topological polar surface area (TPSA) is 49.6 Å². The number of rotatable bonds is 6. The number of nitrogens with two attached hydrogens (primary N) is 1. The van der Waals surface area contributed by atoms with Crippen LogP contribution in [0.5, 0.6) is 0 Å². The molecule has 1 aromatic rings. The zero-order valence-corrected chi connectivity index (χ0v) is 14.2. The van der Waals surface area contributed by atoms with Gasteiger partial charge in [-0.2, -0.15) is 0 Å². The molecule has 112 valence electrons. The van der Waals surface area contributed by atoms with Gasteiger partial charge in [-0.15, -0.1) is 0 Å². The molecule has 0 heterocycles. The van der Waals surface area contributed by atoms with Crippen molar-refractivity contribution in [3.8, 4) is 0 Å². The summed E-state index contributed by atoms with van der Waals surface area (Å²) < 4.78 is 1.03. The van der Waals surface area contributed by atoms with Crippen LogP contribution in [0, 0.1) is 0 Å². The van der Waals surface area contributed by atoms with Crippen LogP contribution in [0.4, 0.5) is 0 Å². The zero-order valence-electron chi connectivity index (χ0n) is 12.6. The Morgan fingerprint density at radius 2 is 1.90 bits per heavy atom. The summed E-state index contributed by atoms with van der Waals surface area (Å²) in [5.74, 6) is 0.0767. The number of halogens is 1. The van der Waals surface area contributed by atoms with Gasteiger partial charge in [0.05, 0.1) is 12.6 Å². The summed E-state index contributed by atoms with van der Waals surface area (Å²) in [6, 6.07) is 8.03. The Kier molecular flexibility index (Phi) is 6.65. The Bertz CT molecular complexity index is 450. The molecule has 0 saturated heterocycles. The third-order valence-electron chi connectivity index (χ3n) is 3.46. The van der Waals surface area contributed by atoms with Crippen molar-refractivity contribution in [2.75, 3.05) is 27.7 Å². The molecule has 0 bridgehead atoms. The molecule has 1 rings (SSSR count). The summed E-state index contributed by atoms with van der Waals surface area (Å²) in [5, 5.41) is 0. The Labute approximate surface area is 130 Å². The van der Waals surface area contributed by atoms with E-state index in [1.54, 1.807) is 19.0 Å². The maximum atomic E-state index is 11.9. The maximum absolute atomic E-state index is 11.9. The molecule has 0 radical (unpaired) electrons. The van der Waals surface area contributed by atoms with E-state index in [0.29, 0.717) is 6.54 Å². The van der Waals surface area contributed by atoms with Crippen LogP contribution >= 0.6 is 15.9 Å². The summed E-state index contributed by atoms with van der Waals surface area (Å²) in [5.41, 5.74) is 7.40. The monoisotopic (exact) mass is 341 g/mol. The molecule has 1 aromatic carbocycles. The first-order valence-electron chi connectivity index (χ1n) is 6.78. The highest BCUT2D eigenvalue weighted by atomic mass is 79.9. The summed E-state index contributed by atoms with van der Waals surface area (Å²) in [6.45, 7) is 2.42. The Balaban J connectivity index is 3.01. The fourth-order valence-corrected chi connectivity index (χ4v) is 2.71. The van der Waals surface area contributed by atoms with Crippen LogP contribution < -0.4 is 5.73 Å². The highest BCUT2D eigenvalue weighted by Gasteiger charge is 2.26. The van der Waals surface area contributed by atoms with Crippen LogP contribution in [0.25, 0.3) is 0 Å². The quantitative estimate of drug-likeness (QED) is 0.863. The van der Waals surface area contributed by atoms with Gasteiger partial charge < -0.3 is 10.6 Å². The highest BCUT2D eigenvalue weighted by molar-refractivity contribution is 9.10. The van der Waals surface area contributed by atoms with Crippen LogP contribution in [0.3, 0.4) is 0 Å². The Morgan fingerprint density at radius 1 is 1.30 bits per heavy atom. The van der Waals surface area contributed by atoms with Gasteiger partial charge in [-0.3, -0.25) is 9.69 Å². The molecular formula is C15H24BrN3O. The van der Waals surface area contributed by atoms with E-state index in [9.17, 15) is 4.79 Å². The average Bonchev–Trinajstić information content (AvgIpc) is 2.40. The normalized spacial score (nSPS) is 14.2. The molecule has 1 amide bonds. The smallest absolute Gasteiger partial charge is 0.236 e. The van der Waals surface area contributed by atoms with Crippen LogP contribution in [0.2, 0.25) is 0 Å². The fraction of sp³-hybridized carbons (Fsp3) is 0.533. The van der Waals surface area contributed by atoms with E-state index in [2.05, 4.69) is 28.9 Å². The molecule has 2 unspecified atom stereocenters. The van der Waals surface area contributed by atoms with Gasteiger partial charge in [0.15, 0.2) is 0 Å². The average molecular weight is 342 g/mol. The van der Waals surface area contributed by atoms with Gasteiger partial charge in [-0.1, -0.05) is 41.1 Å². The zero-order chi connectivity index (χ0) is 15.3. The van der Waals surface area contributed by atoms with Crippen molar-refractivity contribution >= 4 is 21.8 Å². The van der Waals surface area contributed by atoms with Crippen molar-refractivity contribution in [3.63, 3.8) is 0 Å². The lowest BCUT2D eigenvalue weighted by Crippen LogP contribution is -2.43. The van der Waals surface area contributed by atoms with Crippen molar-refractivity contribution in [1.82, 2.24) is 9.80 Å². The van der Waals surface area contributed by atoms with E-state index in [1.165, 1.54) is 0 Å². The third-order valence-corrected chi connectivity index (χ3v) is 4.18. The van der Waals surface area contributed by atoms with Gasteiger partial charge in [0.2, 0.25) is 5.91 Å². The maximum Gasteiger partial charge on any atom is 0.236 e. The molecule has 2 atom stereocenters. The standard InChI is InChI=1S/C15H24BrN3O/c1-5-13(17)15(11-8-6-7-9-12(11)16)19(4)10-14(20)18(2)3/h6-9,13,15H,5,10,17H2,1-4H3. The number of carbonyl (C=O) groups excluding carboxylic acids is 1. The molecule has 0 aliphatic heterocycles. The van der Waals surface area contributed by atoms with E-state index in [1.807, 2.05) is 30.1 Å². The molecule has 4 nitrogen and oxygen atoms in total. The Morgan fingerprint density at radius 3 is 2.40 bits per heavy atom. The van der Waals surface area contributed by atoms with Gasteiger partial charge in [-0.25, -0.2) is 0 Å². The number of hydrogen-bond acceptors (Lipinski definition) is 3. The number of carbonyl (C=O) groups is 1. The van der Waals surface area contributed by atoms with Gasteiger partial charge in [-0.05, 0) is 25.1 Å². The first kappa shape index (κ1) is 17.1. The predicted molar refractivity (Wildman–Crippen MR) is 86.5 cm³/mol. The lowest BCUT2D eigenvalue weighted by Gasteiger charge is -2.33.